The average Bonchev–Trinajstić information content (AvgIpc) is 2.26. The smallest absolute Gasteiger partial charge is 0.157 e. The van der Waals surface area contributed by atoms with Gasteiger partial charge in [0, 0.05) is 12.1 Å². The molecule has 1 rings (SSSR count). The van der Waals surface area contributed by atoms with Crippen molar-refractivity contribution >= 4 is 11.6 Å². The van der Waals surface area contributed by atoms with Crippen LogP contribution in [0.15, 0.2) is 24.4 Å². The van der Waals surface area contributed by atoms with Crippen molar-refractivity contribution in [1.82, 2.24) is 4.98 Å². The number of aromatic nitrogens is 1. The third-order valence-corrected chi connectivity index (χ3v) is 2.51. The SMILES string of the molecule is CC(C)C(=O)C(Nc1ccccn1)C(C)C. The zero-order valence-electron chi connectivity index (χ0n) is 10.4. The lowest BCUT2D eigenvalue weighted by atomic mass is 9.93. The van der Waals surface area contributed by atoms with E-state index < -0.39 is 0 Å². The summed E-state index contributed by atoms with van der Waals surface area (Å²) in [6.45, 7) is 7.94. The highest BCUT2D eigenvalue weighted by molar-refractivity contribution is 5.88. The first-order chi connectivity index (χ1) is 7.52. The zero-order chi connectivity index (χ0) is 12.1. The monoisotopic (exact) mass is 220 g/mol. The van der Waals surface area contributed by atoms with Crippen LogP contribution in [0.4, 0.5) is 5.82 Å². The average molecular weight is 220 g/mol. The maximum absolute atomic E-state index is 12.0. The molecule has 88 valence electrons. The van der Waals surface area contributed by atoms with Crippen LogP contribution < -0.4 is 5.32 Å². The maximum Gasteiger partial charge on any atom is 0.157 e. The van der Waals surface area contributed by atoms with Crippen molar-refractivity contribution in [3.63, 3.8) is 0 Å². The lowest BCUT2D eigenvalue weighted by molar-refractivity contribution is -0.123. The summed E-state index contributed by atoms with van der Waals surface area (Å²) in [4.78, 5) is 16.2. The van der Waals surface area contributed by atoms with Crippen molar-refractivity contribution in [1.29, 1.82) is 0 Å². The summed E-state index contributed by atoms with van der Waals surface area (Å²) >= 11 is 0. The van der Waals surface area contributed by atoms with Crippen LogP contribution in [0.1, 0.15) is 27.7 Å². The summed E-state index contributed by atoms with van der Waals surface area (Å²) in [7, 11) is 0. The highest BCUT2D eigenvalue weighted by Crippen LogP contribution is 2.14. The quantitative estimate of drug-likeness (QED) is 0.829. The van der Waals surface area contributed by atoms with E-state index in [1.54, 1.807) is 6.20 Å². The molecule has 3 nitrogen and oxygen atoms in total. The fraction of sp³-hybridized carbons (Fsp3) is 0.538. The standard InChI is InChI=1S/C13H20N2O/c1-9(2)12(13(16)10(3)4)15-11-7-5-6-8-14-11/h5-10,12H,1-4H3,(H,14,15). The number of pyridine rings is 1. The van der Waals surface area contributed by atoms with Gasteiger partial charge in [-0.05, 0) is 18.1 Å². The van der Waals surface area contributed by atoms with Crippen molar-refractivity contribution in [2.75, 3.05) is 5.32 Å². The minimum atomic E-state index is -0.158. The van der Waals surface area contributed by atoms with Crippen LogP contribution in [0.3, 0.4) is 0 Å². The second-order valence-electron chi connectivity index (χ2n) is 4.64. The Morgan fingerprint density at radius 1 is 1.25 bits per heavy atom. The molecule has 0 spiro atoms. The summed E-state index contributed by atoms with van der Waals surface area (Å²) in [5.41, 5.74) is 0. The third kappa shape index (κ3) is 3.33. The van der Waals surface area contributed by atoms with E-state index in [4.69, 9.17) is 0 Å². The van der Waals surface area contributed by atoms with Gasteiger partial charge in [-0.25, -0.2) is 4.98 Å². The van der Waals surface area contributed by atoms with E-state index in [1.165, 1.54) is 0 Å². The second-order valence-corrected chi connectivity index (χ2v) is 4.64. The summed E-state index contributed by atoms with van der Waals surface area (Å²) < 4.78 is 0. The van der Waals surface area contributed by atoms with E-state index in [2.05, 4.69) is 10.3 Å². The first-order valence-corrected chi connectivity index (χ1v) is 5.73. The molecule has 1 N–H and O–H groups in total. The molecule has 0 fully saturated rings. The van der Waals surface area contributed by atoms with E-state index >= 15 is 0 Å². The van der Waals surface area contributed by atoms with E-state index in [9.17, 15) is 4.79 Å². The molecule has 1 heterocycles. The van der Waals surface area contributed by atoms with Crippen LogP contribution in [0, 0.1) is 11.8 Å². The normalized spacial score (nSPS) is 12.9. The highest BCUT2D eigenvalue weighted by Gasteiger charge is 2.24. The number of Topliss-reactive ketones (excluding diaryl/α,β-unsaturated/α-hetero) is 1. The van der Waals surface area contributed by atoms with E-state index in [-0.39, 0.29) is 23.7 Å². The number of hydrogen-bond donors (Lipinski definition) is 1. The Kier molecular flexibility index (Phi) is 4.47. The summed E-state index contributed by atoms with van der Waals surface area (Å²) in [6.07, 6.45) is 1.72. The topological polar surface area (TPSA) is 42.0 Å². The first kappa shape index (κ1) is 12.7. The molecule has 0 saturated heterocycles. The molecule has 0 aliphatic rings. The van der Waals surface area contributed by atoms with Crippen LogP contribution in [0.5, 0.6) is 0 Å². The molecule has 1 aromatic heterocycles. The van der Waals surface area contributed by atoms with Crippen molar-refractivity contribution in [3.05, 3.63) is 24.4 Å². The Morgan fingerprint density at radius 2 is 1.94 bits per heavy atom. The Bertz CT molecular complexity index is 333. The van der Waals surface area contributed by atoms with Gasteiger partial charge in [-0.15, -0.1) is 0 Å². The van der Waals surface area contributed by atoms with Crippen molar-refractivity contribution in [2.24, 2.45) is 11.8 Å². The number of carbonyl (C=O) groups excluding carboxylic acids is 1. The highest BCUT2D eigenvalue weighted by atomic mass is 16.1. The minimum Gasteiger partial charge on any atom is -0.360 e. The van der Waals surface area contributed by atoms with Crippen LogP contribution in [-0.2, 0) is 4.79 Å². The molecular weight excluding hydrogens is 200 g/mol. The Labute approximate surface area is 97.3 Å². The van der Waals surface area contributed by atoms with Gasteiger partial charge in [-0.2, -0.15) is 0 Å². The van der Waals surface area contributed by atoms with Crippen molar-refractivity contribution in [2.45, 2.75) is 33.7 Å². The molecule has 0 aliphatic heterocycles. The molecular formula is C13H20N2O. The van der Waals surface area contributed by atoms with Gasteiger partial charge in [-0.1, -0.05) is 33.8 Å². The van der Waals surface area contributed by atoms with Gasteiger partial charge in [0.15, 0.2) is 5.78 Å². The van der Waals surface area contributed by atoms with Gasteiger partial charge in [0.2, 0.25) is 0 Å². The molecule has 1 unspecified atom stereocenters. The minimum absolute atomic E-state index is 0.0450. The number of nitrogens with one attached hydrogen (secondary N) is 1. The maximum atomic E-state index is 12.0. The molecule has 0 aliphatic carbocycles. The molecule has 0 aromatic carbocycles. The number of hydrogen-bond acceptors (Lipinski definition) is 3. The fourth-order valence-corrected chi connectivity index (χ4v) is 1.53. The van der Waals surface area contributed by atoms with Gasteiger partial charge in [-0.3, -0.25) is 4.79 Å². The fourth-order valence-electron chi connectivity index (χ4n) is 1.53. The summed E-state index contributed by atoms with van der Waals surface area (Å²) in [5.74, 6) is 1.30. The number of rotatable bonds is 5. The zero-order valence-corrected chi connectivity index (χ0v) is 10.4. The number of anilines is 1. The van der Waals surface area contributed by atoms with Gasteiger partial charge in [0.1, 0.15) is 5.82 Å². The first-order valence-electron chi connectivity index (χ1n) is 5.73. The molecule has 1 aromatic rings. The van der Waals surface area contributed by atoms with Crippen molar-refractivity contribution < 1.29 is 4.79 Å². The van der Waals surface area contributed by atoms with Crippen molar-refractivity contribution in [3.8, 4) is 0 Å². The van der Waals surface area contributed by atoms with Crippen LogP contribution >= 0.6 is 0 Å². The number of carbonyl (C=O) groups is 1. The summed E-state index contributed by atoms with van der Waals surface area (Å²) in [5, 5.41) is 3.20. The molecule has 1 atom stereocenters. The van der Waals surface area contributed by atoms with Crippen LogP contribution in [0.25, 0.3) is 0 Å². The van der Waals surface area contributed by atoms with Crippen LogP contribution in [0.2, 0.25) is 0 Å². The van der Waals surface area contributed by atoms with Gasteiger partial charge in [0.05, 0.1) is 6.04 Å². The number of nitrogens with zero attached hydrogens (tertiary/aromatic N) is 1. The van der Waals surface area contributed by atoms with E-state index in [1.807, 2.05) is 45.9 Å². The summed E-state index contributed by atoms with van der Waals surface area (Å²) in [6, 6.07) is 5.49. The Balaban J connectivity index is 2.77. The number of ketones is 1. The lowest BCUT2D eigenvalue weighted by Gasteiger charge is -2.23. The van der Waals surface area contributed by atoms with Gasteiger partial charge < -0.3 is 5.32 Å². The molecule has 0 amide bonds. The molecule has 0 bridgehead atoms. The molecule has 3 heteroatoms. The third-order valence-electron chi connectivity index (χ3n) is 2.51. The predicted molar refractivity (Wildman–Crippen MR) is 66.3 cm³/mol. The Morgan fingerprint density at radius 3 is 2.38 bits per heavy atom. The second kappa shape index (κ2) is 5.64. The van der Waals surface area contributed by atoms with Gasteiger partial charge in [0.25, 0.3) is 0 Å². The lowest BCUT2D eigenvalue weighted by Crippen LogP contribution is -2.37. The van der Waals surface area contributed by atoms with Gasteiger partial charge >= 0.3 is 0 Å². The van der Waals surface area contributed by atoms with E-state index in [0.717, 1.165) is 5.82 Å². The van der Waals surface area contributed by atoms with Crippen LogP contribution in [-0.4, -0.2) is 16.8 Å². The molecule has 0 radical (unpaired) electrons. The Hall–Kier alpha value is -1.38. The molecule has 0 saturated carbocycles. The predicted octanol–water partition coefficient (Wildman–Crippen LogP) is 2.74. The largest absolute Gasteiger partial charge is 0.360 e. The van der Waals surface area contributed by atoms with E-state index in [0.29, 0.717) is 0 Å². The molecule has 16 heavy (non-hydrogen) atoms.